The summed E-state index contributed by atoms with van der Waals surface area (Å²) in [4.78, 5) is 22.8. The lowest BCUT2D eigenvalue weighted by Gasteiger charge is -2.24. The van der Waals surface area contributed by atoms with E-state index in [1.54, 1.807) is 13.0 Å². The highest BCUT2D eigenvalue weighted by Gasteiger charge is 2.30. The summed E-state index contributed by atoms with van der Waals surface area (Å²) >= 11 is 0. The fourth-order valence-corrected chi connectivity index (χ4v) is 2.55. The molecule has 0 fully saturated rings. The van der Waals surface area contributed by atoms with Crippen LogP contribution in [0.3, 0.4) is 0 Å². The van der Waals surface area contributed by atoms with E-state index in [0.717, 1.165) is 24.8 Å². The molecule has 1 rings (SSSR count). The molecular formula is C16H22O4. The second-order valence-corrected chi connectivity index (χ2v) is 4.98. The Morgan fingerprint density at radius 3 is 2.35 bits per heavy atom. The minimum absolute atomic E-state index is 0.116. The van der Waals surface area contributed by atoms with Gasteiger partial charge in [0.05, 0.1) is 5.57 Å². The third-order valence-electron chi connectivity index (χ3n) is 3.65. The zero-order valence-corrected chi connectivity index (χ0v) is 12.3. The molecule has 0 heterocycles. The summed E-state index contributed by atoms with van der Waals surface area (Å²) in [6.45, 7) is 5.69. The largest absolute Gasteiger partial charge is 0.478 e. The second-order valence-electron chi connectivity index (χ2n) is 4.98. The van der Waals surface area contributed by atoms with Crippen molar-refractivity contribution in [2.45, 2.75) is 46.5 Å². The molecule has 110 valence electrons. The molecule has 0 aromatic heterocycles. The Kier molecular flexibility index (Phi) is 5.74. The Bertz CT molecular complexity index is 495. The molecule has 1 atom stereocenters. The van der Waals surface area contributed by atoms with E-state index in [-0.39, 0.29) is 17.1 Å². The molecule has 0 aliphatic heterocycles. The number of hydrogen-bond acceptors (Lipinski definition) is 2. The molecule has 1 aliphatic rings. The predicted molar refractivity (Wildman–Crippen MR) is 77.4 cm³/mol. The summed E-state index contributed by atoms with van der Waals surface area (Å²) in [5.74, 6) is -2.35. The number of rotatable bonds is 6. The number of hydrogen-bond donors (Lipinski definition) is 2. The van der Waals surface area contributed by atoms with Crippen molar-refractivity contribution in [1.29, 1.82) is 0 Å². The van der Waals surface area contributed by atoms with Gasteiger partial charge in [0, 0.05) is 11.5 Å². The van der Waals surface area contributed by atoms with E-state index in [0.29, 0.717) is 12.0 Å². The number of carboxylic acid groups (broad SMARTS) is 2. The Morgan fingerprint density at radius 2 is 1.90 bits per heavy atom. The van der Waals surface area contributed by atoms with E-state index in [4.69, 9.17) is 0 Å². The molecule has 0 saturated carbocycles. The first-order chi connectivity index (χ1) is 9.43. The van der Waals surface area contributed by atoms with Gasteiger partial charge in [0.2, 0.25) is 0 Å². The number of aliphatic carboxylic acids is 2. The number of unbranched alkanes of at least 4 members (excludes halogenated alkanes) is 2. The molecule has 0 amide bonds. The van der Waals surface area contributed by atoms with E-state index in [2.05, 4.69) is 6.92 Å². The molecule has 4 heteroatoms. The van der Waals surface area contributed by atoms with E-state index < -0.39 is 11.9 Å². The highest BCUT2D eigenvalue weighted by atomic mass is 16.4. The molecule has 0 radical (unpaired) electrons. The van der Waals surface area contributed by atoms with Crippen LogP contribution < -0.4 is 0 Å². The summed E-state index contributed by atoms with van der Waals surface area (Å²) < 4.78 is 0. The summed E-state index contributed by atoms with van der Waals surface area (Å²) in [6, 6.07) is 0. The van der Waals surface area contributed by atoms with Gasteiger partial charge in [-0.1, -0.05) is 39.7 Å². The van der Waals surface area contributed by atoms with Crippen LogP contribution in [0.5, 0.6) is 0 Å². The first-order valence-corrected chi connectivity index (χ1v) is 7.05. The van der Waals surface area contributed by atoms with Crippen molar-refractivity contribution >= 4 is 11.9 Å². The maximum absolute atomic E-state index is 11.5. The molecule has 0 saturated heterocycles. The standard InChI is InChI=1S/C16H22O4/c1-4-6-7-8-11-9-13(15(17)18)12(5-2)14(10(11)3)16(19)20/h8-10H,4-7H2,1-3H3,(H,17,18)(H,19,20). The normalized spacial score (nSPS) is 21.1. The van der Waals surface area contributed by atoms with Crippen molar-refractivity contribution < 1.29 is 19.8 Å². The first kappa shape index (κ1) is 16.2. The topological polar surface area (TPSA) is 74.6 Å². The Hall–Kier alpha value is -1.84. The van der Waals surface area contributed by atoms with Crippen LogP contribution in [0.4, 0.5) is 0 Å². The van der Waals surface area contributed by atoms with Crippen LogP contribution >= 0.6 is 0 Å². The lowest BCUT2D eigenvalue weighted by molar-refractivity contribution is -0.133. The number of carboxylic acids is 2. The Labute approximate surface area is 119 Å². The van der Waals surface area contributed by atoms with E-state index in [1.807, 2.05) is 13.0 Å². The van der Waals surface area contributed by atoms with Crippen LogP contribution in [0, 0.1) is 5.92 Å². The van der Waals surface area contributed by atoms with Crippen molar-refractivity contribution in [1.82, 2.24) is 0 Å². The van der Waals surface area contributed by atoms with Gasteiger partial charge < -0.3 is 10.2 Å². The number of allylic oxidation sites excluding steroid dienone is 3. The minimum Gasteiger partial charge on any atom is -0.478 e. The average Bonchev–Trinajstić information content (AvgIpc) is 2.39. The van der Waals surface area contributed by atoms with E-state index in [9.17, 15) is 19.8 Å². The summed E-state index contributed by atoms with van der Waals surface area (Å²) in [5.41, 5.74) is 1.57. The predicted octanol–water partition coefficient (Wildman–Crippen LogP) is 3.55. The lowest BCUT2D eigenvalue weighted by atomic mass is 9.79. The van der Waals surface area contributed by atoms with Gasteiger partial charge in [-0.15, -0.1) is 0 Å². The molecule has 0 aromatic rings. The molecule has 20 heavy (non-hydrogen) atoms. The monoisotopic (exact) mass is 278 g/mol. The Morgan fingerprint density at radius 1 is 1.25 bits per heavy atom. The fourth-order valence-electron chi connectivity index (χ4n) is 2.55. The molecule has 0 bridgehead atoms. The third-order valence-corrected chi connectivity index (χ3v) is 3.65. The smallest absolute Gasteiger partial charge is 0.335 e. The maximum atomic E-state index is 11.5. The van der Waals surface area contributed by atoms with Crippen LogP contribution in [0.25, 0.3) is 0 Å². The van der Waals surface area contributed by atoms with Gasteiger partial charge in [-0.2, -0.15) is 0 Å². The van der Waals surface area contributed by atoms with Crippen LogP contribution in [0.1, 0.15) is 46.5 Å². The maximum Gasteiger partial charge on any atom is 0.335 e. The quantitative estimate of drug-likeness (QED) is 0.728. The van der Waals surface area contributed by atoms with Gasteiger partial charge in [0.15, 0.2) is 0 Å². The summed E-state index contributed by atoms with van der Waals surface area (Å²) in [7, 11) is 0. The van der Waals surface area contributed by atoms with Crippen LogP contribution in [0.15, 0.2) is 34.4 Å². The second kappa shape index (κ2) is 7.08. The third kappa shape index (κ3) is 3.38. The van der Waals surface area contributed by atoms with Crippen LogP contribution in [-0.4, -0.2) is 22.2 Å². The van der Waals surface area contributed by atoms with Gasteiger partial charge >= 0.3 is 11.9 Å². The summed E-state index contributed by atoms with van der Waals surface area (Å²) in [6.07, 6.45) is 6.91. The van der Waals surface area contributed by atoms with Gasteiger partial charge in [0.25, 0.3) is 0 Å². The SMILES string of the molecule is CCCCC=C1C=C(C(=O)O)C(CC)=C(C(=O)O)C1C. The van der Waals surface area contributed by atoms with Crippen LogP contribution in [-0.2, 0) is 9.59 Å². The van der Waals surface area contributed by atoms with Gasteiger partial charge in [-0.05, 0) is 30.1 Å². The van der Waals surface area contributed by atoms with Crippen molar-refractivity contribution in [2.24, 2.45) is 5.92 Å². The first-order valence-electron chi connectivity index (χ1n) is 7.05. The lowest BCUT2D eigenvalue weighted by Crippen LogP contribution is -2.21. The van der Waals surface area contributed by atoms with Gasteiger partial charge in [-0.25, -0.2) is 9.59 Å². The zero-order chi connectivity index (χ0) is 15.3. The molecule has 0 spiro atoms. The zero-order valence-electron chi connectivity index (χ0n) is 12.3. The van der Waals surface area contributed by atoms with Crippen LogP contribution in [0.2, 0.25) is 0 Å². The Balaban J connectivity index is 3.30. The molecular weight excluding hydrogens is 256 g/mol. The van der Waals surface area contributed by atoms with Crippen molar-refractivity contribution in [3.63, 3.8) is 0 Å². The van der Waals surface area contributed by atoms with E-state index in [1.165, 1.54) is 0 Å². The summed E-state index contributed by atoms with van der Waals surface area (Å²) in [5, 5.41) is 18.7. The highest BCUT2D eigenvalue weighted by molar-refractivity contribution is 5.99. The van der Waals surface area contributed by atoms with Crippen molar-refractivity contribution in [3.05, 3.63) is 34.4 Å². The van der Waals surface area contributed by atoms with Crippen molar-refractivity contribution in [3.8, 4) is 0 Å². The van der Waals surface area contributed by atoms with Crippen molar-refractivity contribution in [2.75, 3.05) is 0 Å². The molecule has 0 aromatic carbocycles. The van der Waals surface area contributed by atoms with Gasteiger partial charge in [0.1, 0.15) is 0 Å². The van der Waals surface area contributed by atoms with Gasteiger partial charge in [-0.3, -0.25) is 0 Å². The minimum atomic E-state index is -1.06. The average molecular weight is 278 g/mol. The molecule has 1 aliphatic carbocycles. The molecule has 2 N–H and O–H groups in total. The fraction of sp³-hybridized carbons (Fsp3) is 0.500. The molecule has 4 nitrogen and oxygen atoms in total. The van der Waals surface area contributed by atoms with E-state index >= 15 is 0 Å². The number of carbonyl (C=O) groups is 2. The highest BCUT2D eigenvalue weighted by Crippen LogP contribution is 2.35. The molecule has 1 unspecified atom stereocenters.